The van der Waals surface area contributed by atoms with Gasteiger partial charge in [-0.2, -0.15) is 0 Å². The molecule has 0 fully saturated rings. The van der Waals surface area contributed by atoms with E-state index in [1.165, 1.54) is 0 Å². The molecule has 0 aliphatic carbocycles. The highest BCUT2D eigenvalue weighted by Gasteiger charge is 2.11. The number of ether oxygens (including phenoxy) is 1. The van der Waals surface area contributed by atoms with E-state index in [0.717, 1.165) is 20.3 Å². The largest absolute Gasteiger partial charge is 0.487 e. The number of aryl methyl sites for hydroxylation is 1. The lowest BCUT2D eigenvalue weighted by atomic mass is 10.0. The summed E-state index contributed by atoms with van der Waals surface area (Å²) < 4.78 is 6.92. The molecule has 0 atom stereocenters. The number of hydrogen-bond donors (Lipinski definition) is 1. The Bertz CT molecular complexity index is 688. The van der Waals surface area contributed by atoms with Crippen molar-refractivity contribution in [2.75, 3.05) is 7.05 Å². The van der Waals surface area contributed by atoms with Crippen LogP contribution in [0.4, 0.5) is 0 Å². The predicted octanol–water partition coefficient (Wildman–Crippen LogP) is 4.12. The third-order valence-electron chi connectivity index (χ3n) is 3.31. The van der Waals surface area contributed by atoms with Gasteiger partial charge in [-0.15, -0.1) is 0 Å². The van der Waals surface area contributed by atoms with Gasteiger partial charge >= 0.3 is 0 Å². The molecule has 0 heterocycles. The van der Waals surface area contributed by atoms with E-state index in [1.54, 1.807) is 7.05 Å². The number of amides is 1. The third kappa shape index (κ3) is 4.36. The number of nitrogens with one attached hydrogen (secondary N) is 1. The molecule has 0 radical (unpaired) electrons. The van der Waals surface area contributed by atoms with E-state index in [0.29, 0.717) is 23.8 Å². The summed E-state index contributed by atoms with van der Waals surface area (Å²) in [5.74, 6) is 0.634. The van der Waals surface area contributed by atoms with Gasteiger partial charge in [-0.1, -0.05) is 29.8 Å². The maximum atomic E-state index is 11.6. The minimum absolute atomic E-state index is 0.0170. The molecule has 22 heavy (non-hydrogen) atoms. The molecule has 5 heteroatoms. The zero-order valence-corrected chi connectivity index (χ0v) is 15.4. The van der Waals surface area contributed by atoms with E-state index in [1.807, 2.05) is 43.3 Å². The number of benzene rings is 2. The number of hydrogen-bond acceptors (Lipinski definition) is 2. The van der Waals surface area contributed by atoms with Crippen molar-refractivity contribution in [2.24, 2.45) is 0 Å². The van der Waals surface area contributed by atoms with Gasteiger partial charge < -0.3 is 10.1 Å². The minimum atomic E-state index is -0.0170. The van der Waals surface area contributed by atoms with Crippen molar-refractivity contribution in [2.45, 2.75) is 20.0 Å². The van der Waals surface area contributed by atoms with Crippen molar-refractivity contribution in [1.82, 2.24) is 5.32 Å². The van der Waals surface area contributed by atoms with Crippen molar-refractivity contribution < 1.29 is 9.53 Å². The average Bonchev–Trinajstić information content (AvgIpc) is 2.48. The van der Waals surface area contributed by atoms with Crippen LogP contribution in [0.1, 0.15) is 16.7 Å². The first-order valence-electron chi connectivity index (χ1n) is 6.87. The Kier molecular flexibility index (Phi) is 6.08. The fourth-order valence-corrected chi connectivity index (χ4v) is 3.06. The third-order valence-corrected chi connectivity index (χ3v) is 4.61. The van der Waals surface area contributed by atoms with Crippen molar-refractivity contribution in [3.63, 3.8) is 0 Å². The zero-order valence-electron chi connectivity index (χ0n) is 12.5. The molecule has 0 aliphatic rings. The van der Waals surface area contributed by atoms with Gasteiger partial charge in [0, 0.05) is 16.2 Å². The first kappa shape index (κ1) is 17.1. The summed E-state index contributed by atoms with van der Waals surface area (Å²) in [6, 6.07) is 11.6. The van der Waals surface area contributed by atoms with Crippen LogP contribution >= 0.6 is 34.2 Å². The van der Waals surface area contributed by atoms with E-state index in [-0.39, 0.29) is 5.91 Å². The van der Waals surface area contributed by atoms with E-state index in [9.17, 15) is 4.79 Å². The molecular weight excluding hydrogens is 413 g/mol. The highest BCUT2D eigenvalue weighted by atomic mass is 127. The molecule has 3 nitrogen and oxygen atoms in total. The Labute approximate surface area is 149 Å². The number of halogens is 2. The van der Waals surface area contributed by atoms with Gasteiger partial charge in [-0.25, -0.2) is 0 Å². The number of likely N-dealkylation sites (N-methyl/N-ethyl adjacent to an activating group) is 1. The van der Waals surface area contributed by atoms with Crippen LogP contribution in [0.3, 0.4) is 0 Å². The smallest absolute Gasteiger partial charge is 0.224 e. The summed E-state index contributed by atoms with van der Waals surface area (Å²) in [6.45, 7) is 2.37. The molecule has 2 aromatic rings. The van der Waals surface area contributed by atoms with E-state index < -0.39 is 0 Å². The molecule has 116 valence electrons. The molecule has 0 saturated heterocycles. The molecule has 0 saturated carbocycles. The lowest BCUT2D eigenvalue weighted by Crippen LogP contribution is -2.21. The Morgan fingerprint density at radius 2 is 2.09 bits per heavy atom. The van der Waals surface area contributed by atoms with Crippen molar-refractivity contribution in [3.05, 3.63) is 61.7 Å². The molecule has 0 unspecified atom stereocenters. The topological polar surface area (TPSA) is 38.3 Å². The number of rotatable bonds is 5. The molecule has 0 aliphatic heterocycles. The van der Waals surface area contributed by atoms with Crippen LogP contribution in [0.2, 0.25) is 5.02 Å². The lowest BCUT2D eigenvalue weighted by molar-refractivity contribution is -0.119. The Morgan fingerprint density at radius 3 is 2.77 bits per heavy atom. The SMILES string of the molecule is CNC(=O)Cc1cccc(I)c1COc1ccc(C)cc1Cl. The van der Waals surface area contributed by atoms with E-state index >= 15 is 0 Å². The number of carbonyl (C=O) groups excluding carboxylic acids is 1. The average molecular weight is 430 g/mol. The quantitative estimate of drug-likeness (QED) is 0.726. The Hall–Kier alpha value is -1.27. The van der Waals surface area contributed by atoms with Crippen LogP contribution in [0.5, 0.6) is 5.75 Å². The summed E-state index contributed by atoms with van der Waals surface area (Å²) in [4.78, 5) is 11.6. The maximum Gasteiger partial charge on any atom is 0.224 e. The van der Waals surface area contributed by atoms with Gasteiger partial charge in [0.2, 0.25) is 5.91 Å². The monoisotopic (exact) mass is 429 g/mol. The van der Waals surface area contributed by atoms with Crippen LogP contribution in [0.25, 0.3) is 0 Å². The van der Waals surface area contributed by atoms with Crippen LogP contribution in [0.15, 0.2) is 36.4 Å². The van der Waals surface area contributed by atoms with Crippen LogP contribution in [-0.4, -0.2) is 13.0 Å². The van der Waals surface area contributed by atoms with Crippen LogP contribution < -0.4 is 10.1 Å². The molecule has 1 N–H and O–H groups in total. The minimum Gasteiger partial charge on any atom is -0.487 e. The van der Waals surface area contributed by atoms with Crippen LogP contribution in [0, 0.1) is 10.5 Å². The van der Waals surface area contributed by atoms with Gasteiger partial charge in [-0.3, -0.25) is 4.79 Å². The first-order valence-corrected chi connectivity index (χ1v) is 8.32. The summed E-state index contributed by atoms with van der Waals surface area (Å²) in [6.07, 6.45) is 0.341. The fourth-order valence-electron chi connectivity index (χ4n) is 2.06. The second kappa shape index (κ2) is 7.83. The van der Waals surface area contributed by atoms with Gasteiger partial charge in [0.15, 0.2) is 0 Å². The van der Waals surface area contributed by atoms with Crippen molar-refractivity contribution in [3.8, 4) is 5.75 Å². The zero-order chi connectivity index (χ0) is 16.1. The Morgan fingerprint density at radius 1 is 1.32 bits per heavy atom. The summed E-state index contributed by atoms with van der Waals surface area (Å²) in [5, 5.41) is 3.24. The molecular formula is C17H17ClINO2. The highest BCUT2D eigenvalue weighted by molar-refractivity contribution is 14.1. The van der Waals surface area contributed by atoms with Gasteiger partial charge in [-0.05, 0) is 58.8 Å². The van der Waals surface area contributed by atoms with Gasteiger partial charge in [0.1, 0.15) is 12.4 Å². The second-order valence-corrected chi connectivity index (χ2v) is 6.52. The van der Waals surface area contributed by atoms with Crippen molar-refractivity contribution >= 4 is 40.1 Å². The standard InChI is InChI=1S/C17H17ClINO2/c1-11-6-7-16(14(18)8-11)22-10-13-12(9-17(21)20-2)4-3-5-15(13)19/h3-8H,9-10H2,1-2H3,(H,20,21). The van der Waals surface area contributed by atoms with Gasteiger partial charge in [0.25, 0.3) is 0 Å². The molecule has 2 rings (SSSR count). The maximum absolute atomic E-state index is 11.6. The Balaban J connectivity index is 2.19. The highest BCUT2D eigenvalue weighted by Crippen LogP contribution is 2.27. The second-order valence-electron chi connectivity index (χ2n) is 4.95. The molecule has 0 bridgehead atoms. The number of carbonyl (C=O) groups is 1. The first-order chi connectivity index (χ1) is 10.5. The summed E-state index contributed by atoms with van der Waals surface area (Å²) in [5.41, 5.74) is 3.07. The van der Waals surface area contributed by atoms with Crippen molar-refractivity contribution in [1.29, 1.82) is 0 Å². The summed E-state index contributed by atoms with van der Waals surface area (Å²) in [7, 11) is 1.64. The lowest BCUT2D eigenvalue weighted by Gasteiger charge is -2.14. The molecule has 2 aromatic carbocycles. The van der Waals surface area contributed by atoms with Crippen LogP contribution in [-0.2, 0) is 17.8 Å². The molecule has 0 aromatic heterocycles. The predicted molar refractivity (Wildman–Crippen MR) is 97.5 cm³/mol. The van der Waals surface area contributed by atoms with E-state index in [4.69, 9.17) is 16.3 Å². The van der Waals surface area contributed by atoms with Gasteiger partial charge in [0.05, 0.1) is 11.4 Å². The normalized spacial score (nSPS) is 10.4. The molecule has 0 spiro atoms. The van der Waals surface area contributed by atoms with E-state index in [2.05, 4.69) is 27.9 Å². The fraction of sp³-hybridized carbons (Fsp3) is 0.235. The molecule has 1 amide bonds. The summed E-state index contributed by atoms with van der Waals surface area (Å²) >= 11 is 8.45.